The van der Waals surface area contributed by atoms with Crippen LogP contribution in [0.25, 0.3) is 0 Å². The van der Waals surface area contributed by atoms with Crippen LogP contribution in [0.4, 0.5) is 0 Å². The summed E-state index contributed by atoms with van der Waals surface area (Å²) in [6.07, 6.45) is 14.8. The molecule has 19 heavy (non-hydrogen) atoms. The zero-order chi connectivity index (χ0) is 13.1. The maximum atomic E-state index is 3.52. The van der Waals surface area contributed by atoms with Gasteiger partial charge in [0.25, 0.3) is 0 Å². The third-order valence-electron chi connectivity index (χ3n) is 6.43. The second kappa shape index (κ2) is 6.13. The Bertz CT molecular complexity index is 273. The molecule has 3 rings (SSSR count). The second-order valence-corrected chi connectivity index (χ2v) is 7.42. The van der Waals surface area contributed by atoms with E-state index in [0.29, 0.717) is 0 Å². The summed E-state index contributed by atoms with van der Waals surface area (Å²) in [5.41, 5.74) is 0.789. The van der Waals surface area contributed by atoms with Crippen LogP contribution < -0.4 is 5.32 Å². The average molecular weight is 264 g/mol. The molecule has 2 nitrogen and oxygen atoms in total. The fourth-order valence-electron chi connectivity index (χ4n) is 4.99. The summed E-state index contributed by atoms with van der Waals surface area (Å²) in [4.78, 5) is 2.76. The van der Waals surface area contributed by atoms with Crippen LogP contribution in [0.3, 0.4) is 0 Å². The highest BCUT2D eigenvalue weighted by Gasteiger charge is 2.37. The Morgan fingerprint density at radius 1 is 1.00 bits per heavy atom. The van der Waals surface area contributed by atoms with Crippen molar-refractivity contribution in [2.45, 2.75) is 70.3 Å². The van der Waals surface area contributed by atoms with Gasteiger partial charge in [-0.2, -0.15) is 0 Å². The maximum Gasteiger partial charge on any atom is 0.00928 e. The molecule has 1 saturated heterocycles. The zero-order valence-electron chi connectivity index (χ0n) is 12.8. The minimum atomic E-state index is 0.789. The highest BCUT2D eigenvalue weighted by Crippen LogP contribution is 2.46. The molecule has 3 fully saturated rings. The first-order valence-electron chi connectivity index (χ1n) is 8.71. The SMILES string of the molecule is CNC1CCCC1CCN1CCC2(CCCC2)CC1. The summed E-state index contributed by atoms with van der Waals surface area (Å²) >= 11 is 0. The first-order chi connectivity index (χ1) is 9.31. The van der Waals surface area contributed by atoms with Gasteiger partial charge in [0.1, 0.15) is 0 Å². The first-order valence-corrected chi connectivity index (χ1v) is 8.71. The van der Waals surface area contributed by atoms with Gasteiger partial charge < -0.3 is 10.2 Å². The van der Waals surface area contributed by atoms with Crippen molar-refractivity contribution < 1.29 is 0 Å². The summed E-state index contributed by atoms with van der Waals surface area (Å²) in [5, 5.41) is 3.52. The van der Waals surface area contributed by atoms with Crippen molar-refractivity contribution in [3.8, 4) is 0 Å². The van der Waals surface area contributed by atoms with Crippen molar-refractivity contribution >= 4 is 0 Å². The van der Waals surface area contributed by atoms with Crippen LogP contribution >= 0.6 is 0 Å². The number of nitrogens with zero attached hydrogens (tertiary/aromatic N) is 1. The highest BCUT2D eigenvalue weighted by molar-refractivity contribution is 4.90. The van der Waals surface area contributed by atoms with E-state index in [-0.39, 0.29) is 0 Å². The molecule has 0 aromatic rings. The molecule has 2 aliphatic carbocycles. The Kier molecular flexibility index (Phi) is 4.48. The van der Waals surface area contributed by atoms with Gasteiger partial charge in [0.2, 0.25) is 0 Å². The van der Waals surface area contributed by atoms with Gasteiger partial charge in [-0.1, -0.05) is 19.3 Å². The van der Waals surface area contributed by atoms with E-state index in [9.17, 15) is 0 Å². The van der Waals surface area contributed by atoms with Crippen LogP contribution in [0.15, 0.2) is 0 Å². The largest absolute Gasteiger partial charge is 0.317 e. The van der Waals surface area contributed by atoms with E-state index in [1.54, 1.807) is 0 Å². The summed E-state index contributed by atoms with van der Waals surface area (Å²) in [6, 6.07) is 0.811. The highest BCUT2D eigenvalue weighted by atomic mass is 15.1. The molecule has 2 unspecified atom stereocenters. The van der Waals surface area contributed by atoms with E-state index in [2.05, 4.69) is 17.3 Å². The molecule has 3 aliphatic rings. The number of hydrogen-bond acceptors (Lipinski definition) is 2. The standard InChI is InChI=1S/C17H32N2/c1-18-16-6-4-5-15(16)7-12-19-13-10-17(11-14-19)8-2-3-9-17/h15-16,18H,2-14H2,1H3. The van der Waals surface area contributed by atoms with Gasteiger partial charge in [0.05, 0.1) is 0 Å². The normalized spacial score (nSPS) is 35.2. The molecule has 2 saturated carbocycles. The van der Waals surface area contributed by atoms with E-state index in [1.165, 1.54) is 83.8 Å². The lowest BCUT2D eigenvalue weighted by Crippen LogP contribution is -2.40. The van der Waals surface area contributed by atoms with Crippen molar-refractivity contribution in [1.82, 2.24) is 10.2 Å². The lowest BCUT2D eigenvalue weighted by atomic mass is 9.77. The quantitative estimate of drug-likeness (QED) is 0.837. The molecule has 1 N–H and O–H groups in total. The molecule has 2 atom stereocenters. The van der Waals surface area contributed by atoms with Crippen molar-refractivity contribution in [2.24, 2.45) is 11.3 Å². The molecular weight excluding hydrogens is 232 g/mol. The predicted molar refractivity (Wildman–Crippen MR) is 81.4 cm³/mol. The van der Waals surface area contributed by atoms with E-state index >= 15 is 0 Å². The second-order valence-electron chi connectivity index (χ2n) is 7.42. The van der Waals surface area contributed by atoms with Crippen molar-refractivity contribution in [3.63, 3.8) is 0 Å². The van der Waals surface area contributed by atoms with Gasteiger partial charge in [-0.05, 0) is 83.0 Å². The zero-order valence-corrected chi connectivity index (χ0v) is 12.8. The third kappa shape index (κ3) is 3.16. The number of nitrogens with one attached hydrogen (secondary N) is 1. The topological polar surface area (TPSA) is 15.3 Å². The maximum absolute atomic E-state index is 3.52. The predicted octanol–water partition coefficient (Wildman–Crippen LogP) is 3.42. The van der Waals surface area contributed by atoms with Crippen LogP contribution in [-0.2, 0) is 0 Å². The number of likely N-dealkylation sites (tertiary alicyclic amines) is 1. The van der Waals surface area contributed by atoms with Gasteiger partial charge >= 0.3 is 0 Å². The smallest absolute Gasteiger partial charge is 0.00928 e. The minimum Gasteiger partial charge on any atom is -0.317 e. The molecule has 1 spiro atoms. The van der Waals surface area contributed by atoms with Crippen LogP contribution in [0.2, 0.25) is 0 Å². The Morgan fingerprint density at radius 3 is 2.42 bits per heavy atom. The fraction of sp³-hybridized carbons (Fsp3) is 1.00. The average Bonchev–Trinajstić information content (AvgIpc) is 3.07. The van der Waals surface area contributed by atoms with Crippen molar-refractivity contribution in [3.05, 3.63) is 0 Å². The molecule has 0 radical (unpaired) electrons. The molecule has 2 heteroatoms. The van der Waals surface area contributed by atoms with Crippen LogP contribution in [0.5, 0.6) is 0 Å². The van der Waals surface area contributed by atoms with E-state index in [1.807, 2.05) is 0 Å². The molecule has 110 valence electrons. The summed E-state index contributed by atoms with van der Waals surface area (Å²) in [5.74, 6) is 0.951. The van der Waals surface area contributed by atoms with Gasteiger partial charge in [0.15, 0.2) is 0 Å². The molecular formula is C17H32N2. The third-order valence-corrected chi connectivity index (χ3v) is 6.43. The van der Waals surface area contributed by atoms with Crippen LogP contribution in [-0.4, -0.2) is 37.6 Å². The molecule has 0 aromatic heterocycles. The van der Waals surface area contributed by atoms with Crippen molar-refractivity contribution in [1.29, 1.82) is 0 Å². The lowest BCUT2D eigenvalue weighted by Gasteiger charge is -2.40. The van der Waals surface area contributed by atoms with Gasteiger partial charge in [-0.25, -0.2) is 0 Å². The molecule has 0 aromatic carbocycles. The van der Waals surface area contributed by atoms with E-state index < -0.39 is 0 Å². The van der Waals surface area contributed by atoms with Gasteiger partial charge in [-0.15, -0.1) is 0 Å². The van der Waals surface area contributed by atoms with Crippen LogP contribution in [0, 0.1) is 11.3 Å². The number of piperidine rings is 1. The number of hydrogen-bond donors (Lipinski definition) is 1. The van der Waals surface area contributed by atoms with Crippen LogP contribution in [0.1, 0.15) is 64.2 Å². The van der Waals surface area contributed by atoms with Crippen molar-refractivity contribution in [2.75, 3.05) is 26.7 Å². The fourth-order valence-corrected chi connectivity index (χ4v) is 4.99. The molecule has 0 amide bonds. The van der Waals surface area contributed by atoms with Gasteiger partial charge in [0, 0.05) is 6.04 Å². The molecule has 1 heterocycles. The summed E-state index contributed by atoms with van der Waals surface area (Å²) in [7, 11) is 2.15. The minimum absolute atomic E-state index is 0.789. The Hall–Kier alpha value is -0.0800. The Balaban J connectivity index is 1.40. The lowest BCUT2D eigenvalue weighted by molar-refractivity contribution is 0.103. The Morgan fingerprint density at radius 2 is 1.74 bits per heavy atom. The Labute approximate surface area is 119 Å². The summed E-state index contributed by atoms with van der Waals surface area (Å²) in [6.45, 7) is 4.13. The summed E-state index contributed by atoms with van der Waals surface area (Å²) < 4.78 is 0. The first kappa shape index (κ1) is 13.9. The molecule has 0 bridgehead atoms. The monoisotopic (exact) mass is 264 g/mol. The number of rotatable bonds is 4. The van der Waals surface area contributed by atoms with E-state index in [0.717, 1.165) is 17.4 Å². The van der Waals surface area contributed by atoms with E-state index in [4.69, 9.17) is 0 Å². The molecule has 1 aliphatic heterocycles. The van der Waals surface area contributed by atoms with Gasteiger partial charge in [-0.3, -0.25) is 0 Å².